The van der Waals surface area contributed by atoms with Gasteiger partial charge in [-0.05, 0) is 36.2 Å². The highest BCUT2D eigenvalue weighted by molar-refractivity contribution is 6.30. The van der Waals surface area contributed by atoms with Crippen molar-refractivity contribution in [2.75, 3.05) is 5.32 Å². The molecule has 142 valence electrons. The van der Waals surface area contributed by atoms with Gasteiger partial charge >= 0.3 is 0 Å². The summed E-state index contributed by atoms with van der Waals surface area (Å²) in [6.45, 7) is 2.54. The van der Waals surface area contributed by atoms with Crippen LogP contribution >= 0.6 is 11.6 Å². The van der Waals surface area contributed by atoms with Crippen LogP contribution in [-0.4, -0.2) is 15.5 Å². The monoisotopic (exact) mass is 392 g/mol. The maximum Gasteiger partial charge on any atom is 0.224 e. The summed E-state index contributed by atoms with van der Waals surface area (Å²) >= 11 is 6.34. The van der Waals surface area contributed by atoms with Crippen LogP contribution in [0.1, 0.15) is 31.0 Å². The van der Waals surface area contributed by atoms with Gasteiger partial charge in [-0.15, -0.1) is 0 Å². The minimum atomic E-state index is 0.000165. The van der Waals surface area contributed by atoms with Crippen LogP contribution < -0.4 is 5.32 Å². The average Bonchev–Trinajstić information content (AvgIpc) is 2.99. The van der Waals surface area contributed by atoms with Gasteiger partial charge in [0.2, 0.25) is 5.91 Å². The number of hydrogen-bond acceptors (Lipinski definition) is 3. The number of imidazole rings is 1. The topological polar surface area (TPSA) is 70.7 Å². The van der Waals surface area contributed by atoms with Crippen molar-refractivity contribution >= 4 is 23.2 Å². The van der Waals surface area contributed by atoms with Crippen molar-refractivity contribution < 1.29 is 4.79 Å². The molecule has 0 radical (unpaired) electrons. The molecule has 0 aliphatic rings. The fourth-order valence-corrected chi connectivity index (χ4v) is 3.26. The van der Waals surface area contributed by atoms with E-state index in [2.05, 4.69) is 16.4 Å². The molecule has 3 rings (SSSR count). The summed E-state index contributed by atoms with van der Waals surface area (Å²) in [5.74, 6) is 0.700. The number of halogens is 1. The lowest BCUT2D eigenvalue weighted by Crippen LogP contribution is -2.10. The van der Waals surface area contributed by atoms with E-state index in [4.69, 9.17) is 11.6 Å². The lowest BCUT2D eigenvalue weighted by atomic mass is 10.1. The number of hydrogen-bond donors (Lipinski definition) is 1. The number of carbonyl (C=O) groups is 1. The van der Waals surface area contributed by atoms with Gasteiger partial charge in [-0.1, -0.05) is 48.9 Å². The zero-order chi connectivity index (χ0) is 19.9. The molecule has 1 heterocycles. The van der Waals surface area contributed by atoms with E-state index in [0.29, 0.717) is 29.6 Å². The fraction of sp³-hybridized carbons (Fsp3) is 0.227. The molecule has 6 heteroatoms. The predicted octanol–water partition coefficient (Wildman–Crippen LogP) is 5.06. The van der Waals surface area contributed by atoms with Gasteiger partial charge in [0, 0.05) is 24.2 Å². The summed E-state index contributed by atoms with van der Waals surface area (Å²) in [6.07, 6.45) is 1.49. The highest BCUT2D eigenvalue weighted by Gasteiger charge is 2.17. The molecule has 0 saturated carbocycles. The number of nitrogens with zero attached hydrogens (tertiary/aromatic N) is 3. The van der Waals surface area contributed by atoms with Crippen LogP contribution in [0, 0.1) is 11.3 Å². The zero-order valence-corrected chi connectivity index (χ0v) is 16.4. The van der Waals surface area contributed by atoms with Crippen LogP contribution in [0.3, 0.4) is 0 Å². The number of aromatic nitrogens is 2. The van der Waals surface area contributed by atoms with Gasteiger partial charge in [0.1, 0.15) is 5.82 Å². The molecular weight excluding hydrogens is 372 g/mol. The predicted molar refractivity (Wildman–Crippen MR) is 111 cm³/mol. The average molecular weight is 393 g/mol. The number of anilines is 1. The molecule has 0 bridgehead atoms. The van der Waals surface area contributed by atoms with Crippen LogP contribution in [0.2, 0.25) is 5.15 Å². The molecule has 3 aromatic rings. The van der Waals surface area contributed by atoms with Crippen LogP contribution in [0.4, 0.5) is 5.69 Å². The Balaban J connectivity index is 1.94. The maximum absolute atomic E-state index is 11.8. The van der Waals surface area contributed by atoms with Gasteiger partial charge in [-0.3, -0.25) is 4.79 Å². The van der Waals surface area contributed by atoms with Gasteiger partial charge in [-0.2, -0.15) is 5.26 Å². The summed E-state index contributed by atoms with van der Waals surface area (Å²) in [4.78, 5) is 16.3. The standard InChI is InChI=1S/C22H21ClN4O/c1-2-6-20(28)25-18-11-9-17(10-12-18)22-26-21(23)19(13-14-24)27(22)15-16-7-4-3-5-8-16/h3-5,7-12H,2,6,13,15H2,1H3,(H,25,28). The Labute approximate surface area is 169 Å². The van der Waals surface area contributed by atoms with E-state index in [-0.39, 0.29) is 12.3 Å². The van der Waals surface area contributed by atoms with E-state index in [1.165, 1.54) is 0 Å². The second-order valence-electron chi connectivity index (χ2n) is 6.46. The number of carbonyl (C=O) groups excluding carboxylic acids is 1. The van der Waals surface area contributed by atoms with Crippen molar-refractivity contribution in [3.8, 4) is 17.5 Å². The summed E-state index contributed by atoms with van der Waals surface area (Å²) in [7, 11) is 0. The summed E-state index contributed by atoms with van der Waals surface area (Å²) in [5.41, 5.74) is 3.41. The Hall–Kier alpha value is -3.10. The lowest BCUT2D eigenvalue weighted by Gasteiger charge is -2.12. The Morgan fingerprint density at radius 3 is 2.54 bits per heavy atom. The molecule has 2 aromatic carbocycles. The Morgan fingerprint density at radius 2 is 1.89 bits per heavy atom. The minimum Gasteiger partial charge on any atom is -0.326 e. The molecule has 28 heavy (non-hydrogen) atoms. The third-order valence-electron chi connectivity index (χ3n) is 4.36. The smallest absolute Gasteiger partial charge is 0.224 e. The summed E-state index contributed by atoms with van der Waals surface area (Å²) < 4.78 is 1.98. The third-order valence-corrected chi connectivity index (χ3v) is 4.66. The van der Waals surface area contributed by atoms with Gasteiger partial charge in [0.05, 0.1) is 18.2 Å². The van der Waals surface area contributed by atoms with E-state index in [1.54, 1.807) is 0 Å². The second-order valence-corrected chi connectivity index (χ2v) is 6.81. The molecule has 1 amide bonds. The molecule has 0 aliphatic carbocycles. The summed E-state index contributed by atoms with van der Waals surface area (Å²) in [5, 5.41) is 12.4. The molecule has 1 N–H and O–H groups in total. The Kier molecular flexibility index (Phi) is 6.46. The van der Waals surface area contributed by atoms with Crippen molar-refractivity contribution in [3.63, 3.8) is 0 Å². The van der Waals surface area contributed by atoms with Crippen molar-refractivity contribution in [2.24, 2.45) is 0 Å². The van der Waals surface area contributed by atoms with E-state index >= 15 is 0 Å². The molecule has 0 aliphatic heterocycles. The van der Waals surface area contributed by atoms with Crippen molar-refractivity contribution in [2.45, 2.75) is 32.7 Å². The number of nitriles is 1. The molecule has 0 spiro atoms. The maximum atomic E-state index is 11.8. The van der Waals surface area contributed by atoms with Crippen molar-refractivity contribution in [1.29, 1.82) is 5.26 Å². The highest BCUT2D eigenvalue weighted by atomic mass is 35.5. The fourth-order valence-electron chi connectivity index (χ4n) is 3.01. The van der Waals surface area contributed by atoms with Crippen molar-refractivity contribution in [1.82, 2.24) is 9.55 Å². The van der Waals surface area contributed by atoms with Crippen molar-refractivity contribution in [3.05, 3.63) is 71.0 Å². The first-order valence-electron chi connectivity index (χ1n) is 9.18. The molecule has 0 unspecified atom stereocenters. The van der Waals surface area contributed by atoms with Gasteiger partial charge in [-0.25, -0.2) is 4.98 Å². The second kappa shape index (κ2) is 9.20. The number of nitrogens with one attached hydrogen (secondary N) is 1. The first-order chi connectivity index (χ1) is 13.6. The van der Waals surface area contributed by atoms with E-state index in [1.807, 2.05) is 66.1 Å². The number of rotatable bonds is 7. The number of benzene rings is 2. The SMILES string of the molecule is CCCC(=O)Nc1ccc(-c2nc(Cl)c(CC#N)n2Cc2ccccc2)cc1. The molecule has 0 fully saturated rings. The quantitative estimate of drug-likeness (QED) is 0.611. The molecular formula is C22H21ClN4O. The van der Waals surface area contributed by atoms with Crippen LogP contribution in [0.15, 0.2) is 54.6 Å². The first kappa shape index (κ1) is 19.7. The molecule has 0 saturated heterocycles. The van der Waals surface area contributed by atoms with Gasteiger partial charge < -0.3 is 9.88 Å². The molecule has 0 atom stereocenters. The molecule has 1 aromatic heterocycles. The van der Waals surface area contributed by atoms with E-state index < -0.39 is 0 Å². The van der Waals surface area contributed by atoms with E-state index in [9.17, 15) is 10.1 Å². The largest absolute Gasteiger partial charge is 0.326 e. The summed E-state index contributed by atoms with van der Waals surface area (Å²) in [6, 6.07) is 19.6. The lowest BCUT2D eigenvalue weighted by molar-refractivity contribution is -0.116. The third kappa shape index (κ3) is 4.59. The van der Waals surface area contributed by atoms with Crippen LogP contribution in [0.25, 0.3) is 11.4 Å². The van der Waals surface area contributed by atoms with Gasteiger partial charge in [0.25, 0.3) is 0 Å². The Morgan fingerprint density at radius 1 is 1.18 bits per heavy atom. The molecule has 5 nitrogen and oxygen atoms in total. The number of amides is 1. The highest BCUT2D eigenvalue weighted by Crippen LogP contribution is 2.28. The Bertz CT molecular complexity index is 988. The van der Waals surface area contributed by atoms with E-state index in [0.717, 1.165) is 23.2 Å². The first-order valence-corrected chi connectivity index (χ1v) is 9.56. The van der Waals surface area contributed by atoms with Crippen LogP contribution in [-0.2, 0) is 17.8 Å². The van der Waals surface area contributed by atoms with Crippen LogP contribution in [0.5, 0.6) is 0 Å². The zero-order valence-electron chi connectivity index (χ0n) is 15.7. The normalized spacial score (nSPS) is 10.5. The minimum absolute atomic E-state index is 0.000165. The van der Waals surface area contributed by atoms with Gasteiger partial charge in [0.15, 0.2) is 5.15 Å².